The molecule has 29 heavy (non-hydrogen) atoms. The molecule has 150 valence electrons. The lowest BCUT2D eigenvalue weighted by molar-refractivity contribution is 0.0538. The fraction of sp³-hybridized carbons (Fsp3) is 0.263. The number of aromatic nitrogens is 4. The average molecular weight is 414 g/mol. The second kappa shape index (κ2) is 7.34. The first-order chi connectivity index (χ1) is 13.9. The third-order valence-electron chi connectivity index (χ3n) is 4.87. The number of halogens is 1. The summed E-state index contributed by atoms with van der Waals surface area (Å²) in [6.45, 7) is 3.94. The number of aryl methyl sites for hydroxylation is 1. The van der Waals surface area contributed by atoms with Crippen molar-refractivity contribution in [3.63, 3.8) is 0 Å². The first kappa shape index (κ1) is 19.2. The normalized spacial score (nSPS) is 14.9. The zero-order valence-electron chi connectivity index (χ0n) is 16.4. The molecule has 0 fully saturated rings. The van der Waals surface area contributed by atoms with E-state index in [2.05, 4.69) is 37.7 Å². The number of carbonyl (C=O) groups is 1. The molecule has 1 unspecified atom stereocenters. The minimum Gasteiger partial charge on any atom is -0.361 e. The molecule has 1 aliphatic rings. The van der Waals surface area contributed by atoms with Crippen molar-refractivity contribution in [3.05, 3.63) is 52.8 Å². The fourth-order valence-electron chi connectivity index (χ4n) is 3.43. The SMILES string of the molecule is CONC(=O)c1cnc(Cl)cc1Nc1cccc2c1N(C)C(C)c1nc(C)nn1-2. The summed E-state index contributed by atoms with van der Waals surface area (Å²) < 4.78 is 1.86. The van der Waals surface area contributed by atoms with Crippen molar-refractivity contribution < 1.29 is 9.63 Å². The van der Waals surface area contributed by atoms with Gasteiger partial charge in [-0.1, -0.05) is 17.7 Å². The van der Waals surface area contributed by atoms with Gasteiger partial charge in [-0.15, -0.1) is 0 Å². The van der Waals surface area contributed by atoms with Crippen molar-refractivity contribution >= 4 is 34.6 Å². The van der Waals surface area contributed by atoms with Crippen LogP contribution in [-0.4, -0.2) is 39.8 Å². The molecule has 9 nitrogen and oxygen atoms in total. The van der Waals surface area contributed by atoms with Crippen LogP contribution in [0.2, 0.25) is 5.15 Å². The number of fused-ring (bicyclic) bond motifs is 3. The van der Waals surface area contributed by atoms with E-state index in [0.717, 1.165) is 22.9 Å². The van der Waals surface area contributed by atoms with Gasteiger partial charge in [0.2, 0.25) is 0 Å². The van der Waals surface area contributed by atoms with E-state index in [9.17, 15) is 4.79 Å². The van der Waals surface area contributed by atoms with E-state index in [4.69, 9.17) is 16.4 Å². The summed E-state index contributed by atoms with van der Waals surface area (Å²) in [7, 11) is 3.37. The van der Waals surface area contributed by atoms with Crippen molar-refractivity contribution in [2.45, 2.75) is 19.9 Å². The monoisotopic (exact) mass is 413 g/mol. The van der Waals surface area contributed by atoms with Crippen LogP contribution in [0.25, 0.3) is 5.69 Å². The highest BCUT2D eigenvalue weighted by molar-refractivity contribution is 6.29. The molecule has 0 saturated heterocycles. The van der Waals surface area contributed by atoms with E-state index in [1.54, 1.807) is 6.07 Å². The molecule has 0 aliphatic carbocycles. The van der Waals surface area contributed by atoms with Crippen molar-refractivity contribution in [1.82, 2.24) is 25.2 Å². The molecule has 2 aromatic heterocycles. The number of hydroxylamine groups is 1. The first-order valence-corrected chi connectivity index (χ1v) is 9.34. The highest BCUT2D eigenvalue weighted by atomic mass is 35.5. The van der Waals surface area contributed by atoms with Crippen LogP contribution in [0.1, 0.15) is 35.0 Å². The van der Waals surface area contributed by atoms with Crippen LogP contribution >= 0.6 is 11.6 Å². The summed E-state index contributed by atoms with van der Waals surface area (Å²) in [6.07, 6.45) is 1.40. The van der Waals surface area contributed by atoms with Crippen LogP contribution in [0.5, 0.6) is 0 Å². The maximum atomic E-state index is 12.3. The van der Waals surface area contributed by atoms with E-state index in [-0.39, 0.29) is 11.2 Å². The molecule has 3 heterocycles. The van der Waals surface area contributed by atoms with Gasteiger partial charge in [-0.2, -0.15) is 5.10 Å². The van der Waals surface area contributed by atoms with Crippen LogP contribution < -0.4 is 15.7 Å². The Morgan fingerprint density at radius 3 is 2.86 bits per heavy atom. The van der Waals surface area contributed by atoms with Gasteiger partial charge in [-0.05, 0) is 32.0 Å². The molecule has 1 aliphatic heterocycles. The number of hydrogen-bond donors (Lipinski definition) is 2. The molecule has 1 amide bonds. The molecular formula is C19H20ClN7O2. The third kappa shape index (κ3) is 3.28. The molecule has 0 radical (unpaired) electrons. The van der Waals surface area contributed by atoms with Gasteiger partial charge >= 0.3 is 0 Å². The van der Waals surface area contributed by atoms with Crippen molar-refractivity contribution in [2.75, 3.05) is 24.4 Å². The standard InChI is InChI=1S/C19H20ClN7O2/c1-10-18-22-11(2)24-27(18)15-7-5-6-13(17(15)26(10)3)23-14-8-16(20)21-9-12(14)19(28)25-29-4/h5-10H,1-4H3,(H,21,23)(H,25,28). The van der Waals surface area contributed by atoms with E-state index < -0.39 is 5.91 Å². The number of nitrogens with zero attached hydrogens (tertiary/aromatic N) is 5. The summed E-state index contributed by atoms with van der Waals surface area (Å²) >= 11 is 6.08. The van der Waals surface area contributed by atoms with Gasteiger partial charge < -0.3 is 10.2 Å². The van der Waals surface area contributed by atoms with Gasteiger partial charge in [0.25, 0.3) is 5.91 Å². The maximum Gasteiger partial charge on any atom is 0.278 e. The minimum atomic E-state index is -0.431. The second-order valence-electron chi connectivity index (χ2n) is 6.70. The molecule has 4 rings (SSSR count). The predicted octanol–water partition coefficient (Wildman–Crippen LogP) is 3.17. The number of amides is 1. The third-order valence-corrected chi connectivity index (χ3v) is 5.07. The van der Waals surface area contributed by atoms with E-state index in [1.807, 2.05) is 36.9 Å². The second-order valence-corrected chi connectivity index (χ2v) is 7.09. The highest BCUT2D eigenvalue weighted by Crippen LogP contribution is 2.42. The van der Waals surface area contributed by atoms with E-state index >= 15 is 0 Å². The largest absolute Gasteiger partial charge is 0.361 e. The molecule has 0 spiro atoms. The lowest BCUT2D eigenvalue weighted by atomic mass is 10.1. The number of benzene rings is 1. The van der Waals surface area contributed by atoms with Gasteiger partial charge in [0, 0.05) is 13.2 Å². The van der Waals surface area contributed by atoms with Crippen LogP contribution in [0, 0.1) is 6.92 Å². The van der Waals surface area contributed by atoms with Gasteiger partial charge in [-0.25, -0.2) is 20.1 Å². The number of pyridine rings is 1. The minimum absolute atomic E-state index is 0.0175. The Kier molecular flexibility index (Phi) is 4.85. The quantitative estimate of drug-likeness (QED) is 0.500. The summed E-state index contributed by atoms with van der Waals surface area (Å²) in [4.78, 5) is 27.8. The van der Waals surface area contributed by atoms with E-state index in [1.165, 1.54) is 13.3 Å². The van der Waals surface area contributed by atoms with Gasteiger partial charge in [0.05, 0.1) is 41.5 Å². The molecule has 1 atom stereocenters. The highest BCUT2D eigenvalue weighted by Gasteiger charge is 2.30. The Morgan fingerprint density at radius 1 is 1.31 bits per heavy atom. The Balaban J connectivity index is 1.82. The van der Waals surface area contributed by atoms with Crippen LogP contribution in [-0.2, 0) is 4.84 Å². The lowest BCUT2D eigenvalue weighted by Crippen LogP contribution is -2.31. The van der Waals surface area contributed by atoms with E-state index in [0.29, 0.717) is 17.1 Å². The van der Waals surface area contributed by atoms with Gasteiger partial charge in [0.1, 0.15) is 11.0 Å². The lowest BCUT2D eigenvalue weighted by Gasteiger charge is -2.34. The summed E-state index contributed by atoms with van der Waals surface area (Å²) in [5.41, 5.74) is 5.75. The average Bonchev–Trinajstić information content (AvgIpc) is 3.08. The summed E-state index contributed by atoms with van der Waals surface area (Å²) in [5.74, 6) is 1.16. The smallest absolute Gasteiger partial charge is 0.278 e. The van der Waals surface area contributed by atoms with Crippen LogP contribution in [0.4, 0.5) is 17.1 Å². The number of rotatable bonds is 4. The molecule has 0 saturated carbocycles. The molecule has 0 bridgehead atoms. The fourth-order valence-corrected chi connectivity index (χ4v) is 3.58. The topological polar surface area (TPSA) is 97.2 Å². The van der Waals surface area contributed by atoms with Crippen molar-refractivity contribution in [1.29, 1.82) is 0 Å². The number of anilines is 3. The Labute approximate surface area is 172 Å². The summed E-state index contributed by atoms with van der Waals surface area (Å²) in [5, 5.41) is 8.14. The van der Waals surface area contributed by atoms with Crippen LogP contribution in [0.15, 0.2) is 30.5 Å². The van der Waals surface area contributed by atoms with Crippen LogP contribution in [0.3, 0.4) is 0 Å². The van der Waals surface area contributed by atoms with Crippen molar-refractivity contribution in [2.24, 2.45) is 0 Å². The van der Waals surface area contributed by atoms with Crippen molar-refractivity contribution in [3.8, 4) is 5.69 Å². The van der Waals surface area contributed by atoms with Gasteiger partial charge in [-0.3, -0.25) is 9.63 Å². The summed E-state index contributed by atoms with van der Waals surface area (Å²) in [6, 6.07) is 7.46. The molecule has 10 heteroatoms. The molecule has 1 aromatic carbocycles. The molecule has 2 N–H and O–H groups in total. The Morgan fingerprint density at radius 2 is 2.10 bits per heavy atom. The zero-order valence-corrected chi connectivity index (χ0v) is 17.2. The Bertz CT molecular complexity index is 1100. The predicted molar refractivity (Wildman–Crippen MR) is 110 cm³/mol. The first-order valence-electron chi connectivity index (χ1n) is 8.96. The number of para-hydroxylation sites is 1. The zero-order chi connectivity index (χ0) is 20.7. The number of hydrogen-bond acceptors (Lipinski definition) is 7. The number of carbonyl (C=O) groups excluding carboxylic acids is 1. The molecule has 3 aromatic rings. The Hall–Kier alpha value is -3.17. The molecular weight excluding hydrogens is 394 g/mol. The van der Waals surface area contributed by atoms with Gasteiger partial charge in [0.15, 0.2) is 5.82 Å². The number of nitrogens with one attached hydrogen (secondary N) is 2. The maximum absolute atomic E-state index is 12.3.